The Morgan fingerprint density at radius 1 is 1.83 bits per heavy atom. The largest absolute Gasteiger partial charge is 0.396 e. The number of Topliss-reactive ketones (excluding diaryl/α,β-unsaturated/α-hetero) is 1. The summed E-state index contributed by atoms with van der Waals surface area (Å²) in [5.74, 6) is -0.728. The number of aliphatic hydroxyl groups is 1. The lowest BCUT2D eigenvalue weighted by Gasteiger charge is -2.19. The van der Waals surface area contributed by atoms with Crippen LogP contribution in [0.15, 0.2) is 11.8 Å². The van der Waals surface area contributed by atoms with Crippen molar-refractivity contribution in [2.75, 3.05) is 13.2 Å². The third kappa shape index (κ3) is 1.71. The van der Waals surface area contributed by atoms with E-state index in [4.69, 9.17) is 5.11 Å². The summed E-state index contributed by atoms with van der Waals surface area (Å²) in [7, 11) is 0. The fraction of sp³-hybridized carbons (Fsp3) is 0.500. The topological polar surface area (TPSA) is 66.4 Å². The van der Waals surface area contributed by atoms with Gasteiger partial charge in [0.2, 0.25) is 0 Å². The van der Waals surface area contributed by atoms with E-state index >= 15 is 0 Å². The van der Waals surface area contributed by atoms with Gasteiger partial charge in [0.15, 0.2) is 11.6 Å². The highest BCUT2D eigenvalue weighted by atomic mass is 16.3. The fourth-order valence-corrected chi connectivity index (χ4v) is 1.03. The molecule has 1 heterocycles. The van der Waals surface area contributed by atoms with Gasteiger partial charge in [0, 0.05) is 19.5 Å². The van der Waals surface area contributed by atoms with Crippen molar-refractivity contribution in [2.24, 2.45) is 5.92 Å². The maximum absolute atomic E-state index is 11.1. The van der Waals surface area contributed by atoms with Crippen LogP contribution < -0.4 is 5.32 Å². The minimum absolute atomic E-state index is 0.153. The number of aliphatic hydroxyl groups excluding tert-OH is 1. The second kappa shape index (κ2) is 3.49. The van der Waals surface area contributed by atoms with Crippen LogP contribution in [-0.4, -0.2) is 29.8 Å². The first kappa shape index (κ1) is 8.93. The molecule has 0 aromatic heterocycles. The van der Waals surface area contributed by atoms with Gasteiger partial charge in [-0.05, 0) is 0 Å². The monoisotopic (exact) mass is 169 g/mol. The van der Waals surface area contributed by atoms with E-state index in [0.717, 1.165) is 0 Å². The van der Waals surface area contributed by atoms with Crippen molar-refractivity contribution in [3.63, 3.8) is 0 Å². The predicted octanol–water partition coefficient (Wildman–Crippen LogP) is -0.760. The lowest BCUT2D eigenvalue weighted by atomic mass is 10.00. The third-order valence-corrected chi connectivity index (χ3v) is 1.83. The SMILES string of the molecule is CC(=O)C1=CC(=O)C(CO)CN1. The second-order valence-corrected chi connectivity index (χ2v) is 2.78. The molecular weight excluding hydrogens is 158 g/mol. The number of carbonyl (C=O) groups is 2. The van der Waals surface area contributed by atoms with E-state index < -0.39 is 5.92 Å². The summed E-state index contributed by atoms with van der Waals surface area (Å²) in [4.78, 5) is 21.9. The third-order valence-electron chi connectivity index (χ3n) is 1.83. The number of nitrogens with one attached hydrogen (secondary N) is 1. The molecule has 0 bridgehead atoms. The van der Waals surface area contributed by atoms with Gasteiger partial charge in [-0.25, -0.2) is 0 Å². The zero-order chi connectivity index (χ0) is 9.14. The van der Waals surface area contributed by atoms with Gasteiger partial charge in [0.05, 0.1) is 18.2 Å². The van der Waals surface area contributed by atoms with E-state index in [1.54, 1.807) is 0 Å². The number of rotatable bonds is 2. The van der Waals surface area contributed by atoms with Crippen molar-refractivity contribution in [3.05, 3.63) is 11.8 Å². The minimum Gasteiger partial charge on any atom is -0.396 e. The minimum atomic E-state index is -0.395. The fourth-order valence-electron chi connectivity index (χ4n) is 1.03. The van der Waals surface area contributed by atoms with Crippen molar-refractivity contribution in [3.8, 4) is 0 Å². The van der Waals surface area contributed by atoms with E-state index in [1.165, 1.54) is 13.0 Å². The van der Waals surface area contributed by atoms with Crippen LogP contribution in [0.1, 0.15) is 6.92 Å². The van der Waals surface area contributed by atoms with Gasteiger partial charge in [0.25, 0.3) is 0 Å². The number of carbonyl (C=O) groups excluding carboxylic acids is 2. The van der Waals surface area contributed by atoms with Crippen LogP contribution in [0.5, 0.6) is 0 Å². The Labute approximate surface area is 70.3 Å². The maximum atomic E-state index is 11.1. The second-order valence-electron chi connectivity index (χ2n) is 2.78. The lowest BCUT2D eigenvalue weighted by molar-refractivity contribution is -0.121. The number of hydrogen-bond donors (Lipinski definition) is 2. The van der Waals surface area contributed by atoms with Crippen molar-refractivity contribution in [1.82, 2.24) is 5.32 Å². The highest BCUT2D eigenvalue weighted by Gasteiger charge is 2.22. The van der Waals surface area contributed by atoms with E-state index in [0.29, 0.717) is 12.2 Å². The average Bonchev–Trinajstić information content (AvgIpc) is 2.04. The molecule has 0 saturated heterocycles. The van der Waals surface area contributed by atoms with Gasteiger partial charge in [0.1, 0.15) is 0 Å². The van der Waals surface area contributed by atoms with E-state index in [1.807, 2.05) is 0 Å². The average molecular weight is 169 g/mol. The van der Waals surface area contributed by atoms with Crippen molar-refractivity contribution >= 4 is 11.6 Å². The molecule has 1 aliphatic heterocycles. The van der Waals surface area contributed by atoms with Crippen LogP contribution >= 0.6 is 0 Å². The molecule has 12 heavy (non-hydrogen) atoms. The molecular formula is C8H11NO3. The summed E-state index contributed by atoms with van der Waals surface area (Å²) in [5.41, 5.74) is 0.338. The van der Waals surface area contributed by atoms with Crippen LogP contribution in [-0.2, 0) is 9.59 Å². The normalized spacial score (nSPS) is 23.0. The summed E-state index contributed by atoms with van der Waals surface area (Å²) in [5, 5.41) is 11.5. The molecule has 1 rings (SSSR count). The molecule has 0 aromatic rings. The van der Waals surface area contributed by atoms with Crippen molar-refractivity contribution in [1.29, 1.82) is 0 Å². The van der Waals surface area contributed by atoms with E-state index in [9.17, 15) is 9.59 Å². The summed E-state index contributed by atoms with van der Waals surface area (Å²) >= 11 is 0. The predicted molar refractivity (Wildman–Crippen MR) is 42.3 cm³/mol. The number of ketones is 2. The standard InChI is InChI=1S/C8H11NO3/c1-5(11)7-2-8(12)6(4-10)3-9-7/h2,6,9-10H,3-4H2,1H3. The van der Waals surface area contributed by atoms with Gasteiger partial charge in [-0.15, -0.1) is 0 Å². The molecule has 0 radical (unpaired) electrons. The van der Waals surface area contributed by atoms with Gasteiger partial charge < -0.3 is 10.4 Å². The molecule has 66 valence electrons. The van der Waals surface area contributed by atoms with Gasteiger partial charge >= 0.3 is 0 Å². The molecule has 1 atom stereocenters. The zero-order valence-corrected chi connectivity index (χ0v) is 6.83. The molecule has 0 amide bonds. The quantitative estimate of drug-likeness (QED) is 0.570. The van der Waals surface area contributed by atoms with E-state index in [-0.39, 0.29) is 18.2 Å². The first-order valence-corrected chi connectivity index (χ1v) is 3.76. The molecule has 0 fully saturated rings. The van der Waals surface area contributed by atoms with Crippen LogP contribution in [0.4, 0.5) is 0 Å². The molecule has 0 aliphatic carbocycles. The molecule has 2 N–H and O–H groups in total. The lowest BCUT2D eigenvalue weighted by Crippen LogP contribution is -2.36. The Bertz CT molecular complexity index is 245. The Balaban J connectivity index is 2.75. The highest BCUT2D eigenvalue weighted by molar-refractivity contribution is 6.03. The Morgan fingerprint density at radius 2 is 2.50 bits per heavy atom. The molecule has 0 saturated carbocycles. The zero-order valence-electron chi connectivity index (χ0n) is 6.83. The first-order valence-electron chi connectivity index (χ1n) is 3.76. The number of hydrogen-bond acceptors (Lipinski definition) is 4. The van der Waals surface area contributed by atoms with Gasteiger partial charge in [-0.1, -0.05) is 0 Å². The molecule has 1 aliphatic rings. The molecule has 4 heteroatoms. The van der Waals surface area contributed by atoms with Crippen molar-refractivity contribution in [2.45, 2.75) is 6.92 Å². The van der Waals surface area contributed by atoms with Gasteiger partial charge in [-0.3, -0.25) is 9.59 Å². The molecule has 1 unspecified atom stereocenters. The molecule has 0 spiro atoms. The highest BCUT2D eigenvalue weighted by Crippen LogP contribution is 2.07. The van der Waals surface area contributed by atoms with Gasteiger partial charge in [-0.2, -0.15) is 0 Å². The maximum Gasteiger partial charge on any atom is 0.175 e. The van der Waals surface area contributed by atoms with Crippen LogP contribution in [0.2, 0.25) is 0 Å². The van der Waals surface area contributed by atoms with E-state index in [2.05, 4.69) is 5.32 Å². The summed E-state index contributed by atoms with van der Waals surface area (Å²) in [6, 6.07) is 0. The first-order chi connectivity index (χ1) is 5.65. The van der Waals surface area contributed by atoms with Crippen LogP contribution in [0.25, 0.3) is 0 Å². The Morgan fingerprint density at radius 3 is 2.92 bits per heavy atom. The van der Waals surface area contributed by atoms with Crippen LogP contribution in [0, 0.1) is 5.92 Å². The Kier molecular flexibility index (Phi) is 2.60. The smallest absolute Gasteiger partial charge is 0.175 e. The summed E-state index contributed by atoms with van der Waals surface area (Å²) in [6.07, 6.45) is 1.26. The number of allylic oxidation sites excluding steroid dienone is 2. The van der Waals surface area contributed by atoms with Crippen LogP contribution in [0.3, 0.4) is 0 Å². The Hall–Kier alpha value is -1.16. The molecule has 4 nitrogen and oxygen atoms in total. The molecule has 0 aromatic carbocycles. The summed E-state index contributed by atoms with van der Waals surface area (Å²) in [6.45, 7) is 1.57. The van der Waals surface area contributed by atoms with Crippen molar-refractivity contribution < 1.29 is 14.7 Å². The summed E-state index contributed by atoms with van der Waals surface area (Å²) < 4.78 is 0.